The van der Waals surface area contributed by atoms with E-state index in [1.54, 1.807) is 7.11 Å². The minimum Gasteiger partial charge on any atom is -0.496 e. The maximum Gasteiger partial charge on any atom is 0.173 e. The molecule has 0 amide bonds. The standard InChI is InChI=1S/C16H23N3O2/c1-21-15-8-11(3-5-13(15)16(17)19-20)9-18-14-7-10-2-4-12(14)6-10/h3,5,8,10,12,14,18,20H,2,4,6-7,9H2,1H3,(H2,17,19). The van der Waals surface area contributed by atoms with E-state index in [0.29, 0.717) is 17.4 Å². The lowest BCUT2D eigenvalue weighted by molar-refractivity contribution is 0.318. The molecule has 2 bridgehead atoms. The summed E-state index contributed by atoms with van der Waals surface area (Å²) in [5, 5.41) is 15.5. The first-order valence-corrected chi connectivity index (χ1v) is 7.59. The molecule has 21 heavy (non-hydrogen) atoms. The Balaban J connectivity index is 1.66. The van der Waals surface area contributed by atoms with Crippen LogP contribution in [0.4, 0.5) is 0 Å². The van der Waals surface area contributed by atoms with Gasteiger partial charge in [0.2, 0.25) is 0 Å². The van der Waals surface area contributed by atoms with Gasteiger partial charge in [0.15, 0.2) is 5.84 Å². The summed E-state index contributed by atoms with van der Waals surface area (Å²) in [5.74, 6) is 2.52. The SMILES string of the molecule is COc1cc(CNC2CC3CCC2C3)ccc1/C(N)=N/O. The molecule has 3 rings (SSSR count). The second-order valence-corrected chi connectivity index (χ2v) is 6.18. The molecule has 2 aliphatic rings. The Hall–Kier alpha value is -1.75. The molecule has 0 aromatic heterocycles. The molecule has 0 spiro atoms. The number of nitrogens with zero attached hydrogens (tertiary/aromatic N) is 1. The average molecular weight is 289 g/mol. The van der Waals surface area contributed by atoms with E-state index in [4.69, 9.17) is 15.7 Å². The van der Waals surface area contributed by atoms with Gasteiger partial charge < -0.3 is 21.0 Å². The Labute approximate surface area is 125 Å². The molecular formula is C16H23N3O2. The summed E-state index contributed by atoms with van der Waals surface area (Å²) < 4.78 is 5.33. The molecule has 5 nitrogen and oxygen atoms in total. The molecule has 0 radical (unpaired) electrons. The lowest BCUT2D eigenvalue weighted by atomic mass is 9.95. The zero-order valence-corrected chi connectivity index (χ0v) is 12.4. The summed E-state index contributed by atoms with van der Waals surface area (Å²) in [5.41, 5.74) is 7.41. The van der Waals surface area contributed by atoms with Crippen molar-refractivity contribution in [3.05, 3.63) is 29.3 Å². The number of rotatable bonds is 5. The first kappa shape index (κ1) is 14.2. The first-order valence-electron chi connectivity index (χ1n) is 7.59. The summed E-state index contributed by atoms with van der Waals surface area (Å²) in [7, 11) is 1.59. The topological polar surface area (TPSA) is 79.9 Å². The van der Waals surface area contributed by atoms with Crippen LogP contribution >= 0.6 is 0 Å². The molecule has 3 unspecified atom stereocenters. The van der Waals surface area contributed by atoms with E-state index in [1.807, 2.05) is 18.2 Å². The third-order valence-electron chi connectivity index (χ3n) is 4.96. The van der Waals surface area contributed by atoms with Crippen molar-refractivity contribution in [2.45, 2.75) is 38.3 Å². The van der Waals surface area contributed by atoms with E-state index in [2.05, 4.69) is 10.5 Å². The summed E-state index contributed by atoms with van der Waals surface area (Å²) >= 11 is 0. The van der Waals surface area contributed by atoms with Crippen molar-refractivity contribution in [1.29, 1.82) is 0 Å². The van der Waals surface area contributed by atoms with E-state index in [9.17, 15) is 0 Å². The van der Waals surface area contributed by atoms with E-state index in [0.717, 1.165) is 23.9 Å². The van der Waals surface area contributed by atoms with Gasteiger partial charge in [0.05, 0.1) is 12.7 Å². The van der Waals surface area contributed by atoms with Crippen LogP contribution in [0.1, 0.15) is 36.8 Å². The van der Waals surface area contributed by atoms with Crippen LogP contribution in [0.3, 0.4) is 0 Å². The molecule has 2 fully saturated rings. The quantitative estimate of drug-likeness (QED) is 0.335. The lowest BCUT2D eigenvalue weighted by Gasteiger charge is -2.23. The minimum absolute atomic E-state index is 0.0689. The monoisotopic (exact) mass is 289 g/mol. The van der Waals surface area contributed by atoms with Crippen LogP contribution < -0.4 is 15.8 Å². The molecule has 4 N–H and O–H groups in total. The molecule has 0 heterocycles. The molecule has 0 saturated heterocycles. The first-order chi connectivity index (χ1) is 10.2. The van der Waals surface area contributed by atoms with E-state index < -0.39 is 0 Å². The van der Waals surface area contributed by atoms with Gasteiger partial charge in [0.1, 0.15) is 5.75 Å². The molecule has 2 aliphatic carbocycles. The summed E-state index contributed by atoms with van der Waals surface area (Å²) in [6, 6.07) is 6.45. The number of fused-ring (bicyclic) bond motifs is 2. The van der Waals surface area contributed by atoms with Crippen LogP contribution in [-0.4, -0.2) is 24.2 Å². The third-order valence-corrected chi connectivity index (χ3v) is 4.96. The Morgan fingerprint density at radius 2 is 2.29 bits per heavy atom. The van der Waals surface area contributed by atoms with Gasteiger partial charge in [-0.25, -0.2) is 0 Å². The third kappa shape index (κ3) is 2.83. The summed E-state index contributed by atoms with van der Waals surface area (Å²) in [6.07, 6.45) is 5.53. The molecule has 1 aromatic rings. The van der Waals surface area contributed by atoms with E-state index >= 15 is 0 Å². The number of methoxy groups -OCH3 is 1. The maximum atomic E-state index is 8.78. The van der Waals surface area contributed by atoms with Crippen molar-refractivity contribution in [2.24, 2.45) is 22.7 Å². The van der Waals surface area contributed by atoms with Crippen LogP contribution in [0.15, 0.2) is 23.4 Å². The fraction of sp³-hybridized carbons (Fsp3) is 0.562. The number of hydrogen-bond donors (Lipinski definition) is 3. The number of amidine groups is 1. The van der Waals surface area contributed by atoms with Crippen molar-refractivity contribution >= 4 is 5.84 Å². The molecule has 1 aromatic carbocycles. The molecule has 2 saturated carbocycles. The van der Waals surface area contributed by atoms with E-state index in [-0.39, 0.29) is 5.84 Å². The van der Waals surface area contributed by atoms with Gasteiger partial charge >= 0.3 is 0 Å². The highest BCUT2D eigenvalue weighted by Crippen LogP contribution is 2.44. The Kier molecular flexibility index (Phi) is 4.01. The number of nitrogens with one attached hydrogen (secondary N) is 1. The summed E-state index contributed by atoms with van der Waals surface area (Å²) in [4.78, 5) is 0. The average Bonchev–Trinajstić information content (AvgIpc) is 3.14. The van der Waals surface area contributed by atoms with Crippen molar-refractivity contribution in [3.63, 3.8) is 0 Å². The Morgan fingerprint density at radius 3 is 2.90 bits per heavy atom. The maximum absolute atomic E-state index is 8.78. The predicted octanol–water partition coefficient (Wildman–Crippen LogP) is 2.07. The minimum atomic E-state index is 0.0689. The van der Waals surface area contributed by atoms with Crippen LogP contribution in [-0.2, 0) is 6.54 Å². The zero-order valence-electron chi connectivity index (χ0n) is 12.4. The predicted molar refractivity (Wildman–Crippen MR) is 81.6 cm³/mol. The lowest BCUT2D eigenvalue weighted by Crippen LogP contribution is -2.33. The van der Waals surface area contributed by atoms with Gasteiger partial charge in [-0.15, -0.1) is 0 Å². The number of ether oxygens (including phenoxy) is 1. The van der Waals surface area contributed by atoms with Crippen LogP contribution in [0, 0.1) is 11.8 Å². The van der Waals surface area contributed by atoms with Crippen LogP contribution in [0.5, 0.6) is 5.75 Å². The van der Waals surface area contributed by atoms with Crippen molar-refractivity contribution in [1.82, 2.24) is 5.32 Å². The normalized spacial score (nSPS) is 28.0. The van der Waals surface area contributed by atoms with Gasteiger partial charge in [-0.3, -0.25) is 0 Å². The number of nitrogens with two attached hydrogens (primary N) is 1. The molecule has 114 valence electrons. The molecular weight excluding hydrogens is 266 g/mol. The highest BCUT2D eigenvalue weighted by Gasteiger charge is 2.38. The van der Waals surface area contributed by atoms with Gasteiger partial charge in [-0.05, 0) is 48.8 Å². The summed E-state index contributed by atoms with van der Waals surface area (Å²) in [6.45, 7) is 0.834. The molecule has 5 heteroatoms. The highest BCUT2D eigenvalue weighted by atomic mass is 16.5. The van der Waals surface area contributed by atoms with E-state index in [1.165, 1.54) is 25.7 Å². The van der Waals surface area contributed by atoms with Crippen LogP contribution in [0.25, 0.3) is 0 Å². The number of oxime groups is 1. The second kappa shape index (κ2) is 5.93. The second-order valence-electron chi connectivity index (χ2n) is 6.18. The Bertz CT molecular complexity index is 544. The van der Waals surface area contributed by atoms with Crippen LogP contribution in [0.2, 0.25) is 0 Å². The fourth-order valence-electron chi connectivity index (χ4n) is 3.85. The Morgan fingerprint density at radius 1 is 1.43 bits per heavy atom. The number of benzene rings is 1. The van der Waals surface area contributed by atoms with Crippen molar-refractivity contribution < 1.29 is 9.94 Å². The van der Waals surface area contributed by atoms with Crippen molar-refractivity contribution in [2.75, 3.05) is 7.11 Å². The smallest absolute Gasteiger partial charge is 0.173 e. The van der Waals surface area contributed by atoms with Gasteiger partial charge in [-0.2, -0.15) is 0 Å². The van der Waals surface area contributed by atoms with Gasteiger partial charge in [0.25, 0.3) is 0 Å². The largest absolute Gasteiger partial charge is 0.496 e. The van der Waals surface area contributed by atoms with Crippen molar-refractivity contribution in [3.8, 4) is 5.75 Å². The van der Waals surface area contributed by atoms with Gasteiger partial charge in [0, 0.05) is 12.6 Å². The molecule has 0 aliphatic heterocycles. The molecule has 3 atom stereocenters. The fourth-order valence-corrected chi connectivity index (χ4v) is 3.85. The zero-order chi connectivity index (χ0) is 14.8. The number of hydrogen-bond acceptors (Lipinski definition) is 4. The van der Waals surface area contributed by atoms with Gasteiger partial charge in [-0.1, -0.05) is 17.6 Å². The highest BCUT2D eigenvalue weighted by molar-refractivity contribution is 5.99.